The van der Waals surface area contributed by atoms with Crippen molar-refractivity contribution in [1.82, 2.24) is 10.6 Å². The molecule has 2 atom stereocenters. The molecule has 2 unspecified atom stereocenters. The zero-order valence-electron chi connectivity index (χ0n) is 11.2. The first kappa shape index (κ1) is 12.9. The fourth-order valence-corrected chi connectivity index (χ4v) is 2.76. The van der Waals surface area contributed by atoms with Gasteiger partial charge >= 0.3 is 0 Å². The lowest BCUT2D eigenvalue weighted by Gasteiger charge is -2.22. The first-order valence-electron chi connectivity index (χ1n) is 7.05. The zero-order valence-corrected chi connectivity index (χ0v) is 11.2. The van der Waals surface area contributed by atoms with Crippen molar-refractivity contribution in [3.8, 4) is 0 Å². The molecule has 2 aliphatic rings. The van der Waals surface area contributed by atoms with Crippen LogP contribution in [0.25, 0.3) is 0 Å². The SMILES string of the molecule is CC1(C)CC1CNC(=O)CCC1CCCNC1. The molecule has 98 valence electrons. The maximum atomic E-state index is 11.7. The Morgan fingerprint density at radius 1 is 1.47 bits per heavy atom. The lowest BCUT2D eigenvalue weighted by Crippen LogP contribution is -2.31. The molecule has 1 aliphatic heterocycles. The van der Waals surface area contributed by atoms with Crippen molar-refractivity contribution < 1.29 is 4.79 Å². The van der Waals surface area contributed by atoms with E-state index in [4.69, 9.17) is 0 Å². The molecule has 3 nitrogen and oxygen atoms in total. The van der Waals surface area contributed by atoms with Crippen LogP contribution in [0.5, 0.6) is 0 Å². The fourth-order valence-electron chi connectivity index (χ4n) is 2.76. The van der Waals surface area contributed by atoms with Crippen molar-refractivity contribution in [1.29, 1.82) is 0 Å². The first-order chi connectivity index (χ1) is 8.08. The van der Waals surface area contributed by atoms with Crippen LogP contribution in [0.15, 0.2) is 0 Å². The minimum atomic E-state index is 0.248. The summed E-state index contributed by atoms with van der Waals surface area (Å²) >= 11 is 0. The summed E-state index contributed by atoms with van der Waals surface area (Å²) < 4.78 is 0. The Balaban J connectivity index is 1.54. The van der Waals surface area contributed by atoms with Crippen LogP contribution in [-0.2, 0) is 4.79 Å². The molecule has 1 aliphatic carbocycles. The van der Waals surface area contributed by atoms with Crippen molar-refractivity contribution in [3.05, 3.63) is 0 Å². The summed E-state index contributed by atoms with van der Waals surface area (Å²) in [6.45, 7) is 7.69. The van der Waals surface area contributed by atoms with E-state index in [-0.39, 0.29) is 5.91 Å². The fraction of sp³-hybridized carbons (Fsp3) is 0.929. The van der Waals surface area contributed by atoms with Crippen molar-refractivity contribution in [3.63, 3.8) is 0 Å². The molecule has 1 amide bonds. The molecule has 3 heteroatoms. The zero-order chi connectivity index (χ0) is 12.3. The van der Waals surface area contributed by atoms with E-state index in [0.29, 0.717) is 23.7 Å². The Kier molecular flexibility index (Phi) is 4.08. The largest absolute Gasteiger partial charge is 0.356 e. The third-order valence-corrected chi connectivity index (χ3v) is 4.44. The molecule has 0 aromatic rings. The van der Waals surface area contributed by atoms with E-state index < -0.39 is 0 Å². The highest BCUT2D eigenvalue weighted by Crippen LogP contribution is 2.50. The van der Waals surface area contributed by atoms with E-state index >= 15 is 0 Å². The average molecular weight is 238 g/mol. The molecule has 0 aromatic carbocycles. The van der Waals surface area contributed by atoms with Gasteiger partial charge in [0.1, 0.15) is 0 Å². The monoisotopic (exact) mass is 238 g/mol. The molecule has 1 saturated heterocycles. The van der Waals surface area contributed by atoms with Crippen molar-refractivity contribution in [2.75, 3.05) is 19.6 Å². The van der Waals surface area contributed by atoms with Gasteiger partial charge in [-0.3, -0.25) is 4.79 Å². The molecule has 1 saturated carbocycles. The van der Waals surface area contributed by atoms with Crippen LogP contribution in [0.4, 0.5) is 0 Å². The quantitative estimate of drug-likeness (QED) is 0.768. The third kappa shape index (κ3) is 3.98. The van der Waals surface area contributed by atoms with Crippen LogP contribution in [0, 0.1) is 17.3 Å². The van der Waals surface area contributed by atoms with Gasteiger partial charge in [0, 0.05) is 13.0 Å². The molecule has 17 heavy (non-hydrogen) atoms. The normalized spacial score (nSPS) is 30.9. The standard InChI is InChI=1S/C14H26N2O/c1-14(2)8-12(14)10-16-13(17)6-5-11-4-3-7-15-9-11/h11-12,15H,3-10H2,1-2H3,(H,16,17). The van der Waals surface area contributed by atoms with Gasteiger partial charge < -0.3 is 10.6 Å². The van der Waals surface area contributed by atoms with Gasteiger partial charge in [0.05, 0.1) is 0 Å². The average Bonchev–Trinajstić information content (AvgIpc) is 2.93. The summed E-state index contributed by atoms with van der Waals surface area (Å²) in [6.07, 6.45) is 5.57. The number of carbonyl (C=O) groups excluding carboxylic acids is 1. The van der Waals surface area contributed by atoms with Crippen molar-refractivity contribution >= 4 is 5.91 Å². The van der Waals surface area contributed by atoms with Crippen molar-refractivity contribution in [2.45, 2.75) is 46.0 Å². The summed E-state index contributed by atoms with van der Waals surface area (Å²) in [5.41, 5.74) is 0.473. The Morgan fingerprint density at radius 3 is 2.82 bits per heavy atom. The summed E-state index contributed by atoms with van der Waals surface area (Å²) in [5.74, 6) is 1.67. The number of hydrogen-bond acceptors (Lipinski definition) is 2. The Morgan fingerprint density at radius 2 is 2.24 bits per heavy atom. The number of rotatable bonds is 5. The number of amides is 1. The highest BCUT2D eigenvalue weighted by molar-refractivity contribution is 5.75. The van der Waals surface area contributed by atoms with Crippen LogP contribution in [0.1, 0.15) is 46.0 Å². The van der Waals surface area contributed by atoms with E-state index in [9.17, 15) is 4.79 Å². The van der Waals surface area contributed by atoms with Gasteiger partial charge in [0.15, 0.2) is 0 Å². The van der Waals surface area contributed by atoms with Crippen LogP contribution >= 0.6 is 0 Å². The summed E-state index contributed by atoms with van der Waals surface area (Å²) in [7, 11) is 0. The second-order valence-electron chi connectivity index (χ2n) is 6.44. The van der Waals surface area contributed by atoms with Crippen LogP contribution in [0.3, 0.4) is 0 Å². The number of nitrogens with one attached hydrogen (secondary N) is 2. The van der Waals surface area contributed by atoms with Crippen LogP contribution < -0.4 is 10.6 Å². The topological polar surface area (TPSA) is 41.1 Å². The maximum absolute atomic E-state index is 11.7. The predicted molar refractivity (Wildman–Crippen MR) is 69.7 cm³/mol. The molecular weight excluding hydrogens is 212 g/mol. The van der Waals surface area contributed by atoms with Gasteiger partial charge in [-0.15, -0.1) is 0 Å². The predicted octanol–water partition coefficient (Wildman–Crippen LogP) is 1.93. The molecule has 0 spiro atoms. The van der Waals surface area contributed by atoms with Crippen LogP contribution in [0.2, 0.25) is 0 Å². The lowest BCUT2D eigenvalue weighted by molar-refractivity contribution is -0.121. The maximum Gasteiger partial charge on any atom is 0.220 e. The third-order valence-electron chi connectivity index (χ3n) is 4.44. The summed E-state index contributed by atoms with van der Waals surface area (Å²) in [5, 5.41) is 6.48. The Labute approximate surface area is 105 Å². The minimum Gasteiger partial charge on any atom is -0.356 e. The van der Waals surface area contributed by atoms with Crippen molar-refractivity contribution in [2.24, 2.45) is 17.3 Å². The Bertz CT molecular complexity index is 269. The lowest BCUT2D eigenvalue weighted by atomic mass is 9.94. The molecule has 2 fully saturated rings. The van der Waals surface area contributed by atoms with Gasteiger partial charge in [0.2, 0.25) is 5.91 Å². The highest BCUT2D eigenvalue weighted by atomic mass is 16.1. The minimum absolute atomic E-state index is 0.248. The number of piperidine rings is 1. The summed E-state index contributed by atoms with van der Waals surface area (Å²) in [4.78, 5) is 11.7. The molecule has 0 aromatic heterocycles. The van der Waals surface area contributed by atoms with Crippen LogP contribution in [-0.4, -0.2) is 25.5 Å². The summed E-state index contributed by atoms with van der Waals surface area (Å²) in [6, 6.07) is 0. The van der Waals surface area contributed by atoms with Gasteiger partial charge in [0.25, 0.3) is 0 Å². The van der Waals surface area contributed by atoms with Gasteiger partial charge in [-0.1, -0.05) is 13.8 Å². The van der Waals surface area contributed by atoms with Gasteiger partial charge in [-0.05, 0) is 56.0 Å². The molecule has 2 N–H and O–H groups in total. The molecule has 1 heterocycles. The molecule has 0 bridgehead atoms. The second kappa shape index (κ2) is 5.38. The van der Waals surface area contributed by atoms with E-state index in [1.807, 2.05) is 0 Å². The Hall–Kier alpha value is -0.570. The smallest absolute Gasteiger partial charge is 0.220 e. The highest BCUT2D eigenvalue weighted by Gasteiger charge is 2.45. The molecular formula is C14H26N2O. The number of hydrogen-bond donors (Lipinski definition) is 2. The second-order valence-corrected chi connectivity index (χ2v) is 6.44. The van der Waals surface area contributed by atoms with E-state index in [1.165, 1.54) is 19.3 Å². The van der Waals surface area contributed by atoms with E-state index in [0.717, 1.165) is 26.1 Å². The first-order valence-corrected chi connectivity index (χ1v) is 7.05. The van der Waals surface area contributed by atoms with E-state index in [2.05, 4.69) is 24.5 Å². The number of carbonyl (C=O) groups is 1. The molecule has 0 radical (unpaired) electrons. The van der Waals surface area contributed by atoms with Gasteiger partial charge in [-0.25, -0.2) is 0 Å². The van der Waals surface area contributed by atoms with Gasteiger partial charge in [-0.2, -0.15) is 0 Å². The molecule has 2 rings (SSSR count). The van der Waals surface area contributed by atoms with E-state index in [1.54, 1.807) is 0 Å².